The topological polar surface area (TPSA) is 49.3 Å². The van der Waals surface area contributed by atoms with Crippen LogP contribution in [-0.4, -0.2) is 44.0 Å². The Kier molecular flexibility index (Phi) is 4.02. The number of aliphatic hydroxyl groups is 1. The second kappa shape index (κ2) is 5.49. The normalized spacial score (nSPS) is 37.5. The van der Waals surface area contributed by atoms with E-state index in [9.17, 15) is 9.90 Å². The molecule has 4 atom stereocenters. The van der Waals surface area contributed by atoms with Crippen molar-refractivity contribution >= 4 is 32.5 Å². The average Bonchev–Trinajstić information content (AvgIpc) is 2.69. The number of amides is 1. The molecule has 1 saturated heterocycles. The second-order valence-corrected chi connectivity index (χ2v) is 9.30. The first kappa shape index (κ1) is 14.6. The van der Waals surface area contributed by atoms with E-state index < -0.39 is 10.4 Å². The number of nitrogens with one attached hydrogen (secondary N) is 1. The van der Waals surface area contributed by atoms with Crippen molar-refractivity contribution in [3.63, 3.8) is 0 Å². The Bertz CT molecular complexity index is 490. The zero-order chi connectivity index (χ0) is 14.3. The molecule has 2 aliphatic heterocycles. The average molecular weight is 361 g/mol. The van der Waals surface area contributed by atoms with Crippen LogP contribution in [0.4, 0.5) is 0 Å². The summed E-state index contributed by atoms with van der Waals surface area (Å²) in [4.78, 5) is 12.3. The Balaban J connectivity index is 1.86. The molecule has 110 valence electrons. The third-order valence-electron chi connectivity index (χ3n) is 4.68. The summed E-state index contributed by atoms with van der Waals surface area (Å²) < 4.78 is 0.727. The van der Waals surface area contributed by atoms with Crippen LogP contribution in [0.5, 0.6) is 0 Å². The molecule has 0 aromatic rings. The summed E-state index contributed by atoms with van der Waals surface area (Å²) in [5, 5.41) is 13.9. The van der Waals surface area contributed by atoms with Gasteiger partial charge in [0.25, 0.3) is 0 Å². The molecular weight excluding hydrogens is 341 g/mol. The van der Waals surface area contributed by atoms with Crippen LogP contribution in [0.15, 0.2) is 22.2 Å². The third kappa shape index (κ3) is 2.00. The van der Waals surface area contributed by atoms with Gasteiger partial charge in [0.05, 0.1) is 0 Å². The van der Waals surface area contributed by atoms with Crippen molar-refractivity contribution < 1.29 is 9.90 Å². The summed E-state index contributed by atoms with van der Waals surface area (Å²) in [6.07, 6.45) is 7.69. The SMILES string of the molecule is CC1=C(CCCl)[C@@H]2NC(=O)[C@]2([C@@H](O)[C@H]2C=CCCC2)[Se]1. The van der Waals surface area contributed by atoms with Crippen molar-refractivity contribution in [3.05, 3.63) is 22.2 Å². The van der Waals surface area contributed by atoms with Crippen LogP contribution in [-0.2, 0) is 4.79 Å². The minimum absolute atomic E-state index is 0.0269. The summed E-state index contributed by atoms with van der Waals surface area (Å²) in [5.74, 6) is 0.741. The van der Waals surface area contributed by atoms with E-state index in [0.717, 1.165) is 25.7 Å². The third-order valence-corrected chi connectivity index (χ3v) is 8.16. The molecule has 0 radical (unpaired) electrons. The molecule has 5 heteroatoms. The summed E-state index contributed by atoms with van der Waals surface area (Å²) >= 11 is 5.91. The number of allylic oxidation sites excluding steroid dienone is 2. The molecule has 0 aromatic heterocycles. The Morgan fingerprint density at radius 2 is 2.45 bits per heavy atom. The van der Waals surface area contributed by atoms with Crippen LogP contribution in [0, 0.1) is 5.92 Å². The van der Waals surface area contributed by atoms with Crippen LogP contribution in [0.1, 0.15) is 32.6 Å². The standard InChI is InChI=1S/C15H20ClNO2Se/c1-9-11(7-8-16)12-15(20-9,14(19)17-12)13(18)10-5-3-2-4-6-10/h3,5,10,12-13,18H,2,4,6-8H2,1H3,(H,17,19)/t10-,12-,13-,15-/m0/s1. The van der Waals surface area contributed by atoms with Crippen molar-refractivity contribution in [3.8, 4) is 0 Å². The predicted molar refractivity (Wildman–Crippen MR) is 80.9 cm³/mol. The number of fused-ring (bicyclic) bond motifs is 1. The maximum absolute atomic E-state index is 12.3. The Morgan fingerprint density at radius 3 is 3.05 bits per heavy atom. The summed E-state index contributed by atoms with van der Waals surface area (Å²) in [7, 11) is 0. The monoisotopic (exact) mass is 361 g/mol. The number of β-lactam (4-membered cyclic amide) rings is 1. The van der Waals surface area contributed by atoms with Crippen molar-refractivity contribution in [1.82, 2.24) is 5.32 Å². The van der Waals surface area contributed by atoms with Gasteiger partial charge in [-0.1, -0.05) is 0 Å². The maximum atomic E-state index is 12.3. The van der Waals surface area contributed by atoms with Crippen LogP contribution >= 0.6 is 11.6 Å². The van der Waals surface area contributed by atoms with Crippen molar-refractivity contribution in [1.29, 1.82) is 0 Å². The van der Waals surface area contributed by atoms with Gasteiger partial charge in [0.15, 0.2) is 0 Å². The summed E-state index contributed by atoms with van der Waals surface area (Å²) in [5.41, 5.74) is 1.26. The van der Waals surface area contributed by atoms with Gasteiger partial charge in [-0.2, -0.15) is 0 Å². The Morgan fingerprint density at radius 1 is 1.65 bits per heavy atom. The van der Waals surface area contributed by atoms with Crippen LogP contribution in [0.2, 0.25) is 4.31 Å². The van der Waals surface area contributed by atoms with Gasteiger partial charge in [-0.05, 0) is 0 Å². The molecule has 2 N–H and O–H groups in total. The number of aliphatic hydroxyl groups excluding tert-OH is 1. The summed E-state index contributed by atoms with van der Waals surface area (Å²) in [6.45, 7) is 2.10. The molecule has 20 heavy (non-hydrogen) atoms. The molecule has 0 aromatic carbocycles. The number of hydrogen-bond donors (Lipinski definition) is 2. The molecule has 0 saturated carbocycles. The fourth-order valence-electron chi connectivity index (χ4n) is 3.59. The van der Waals surface area contributed by atoms with Gasteiger partial charge in [0.2, 0.25) is 0 Å². The number of carbonyl (C=O) groups is 1. The van der Waals surface area contributed by atoms with E-state index >= 15 is 0 Å². The van der Waals surface area contributed by atoms with E-state index in [1.165, 1.54) is 10.0 Å². The van der Waals surface area contributed by atoms with Gasteiger partial charge in [-0.15, -0.1) is 0 Å². The van der Waals surface area contributed by atoms with Crippen molar-refractivity contribution in [2.75, 3.05) is 5.88 Å². The molecule has 1 aliphatic carbocycles. The molecule has 3 nitrogen and oxygen atoms in total. The molecule has 2 heterocycles. The molecule has 0 bridgehead atoms. The second-order valence-electron chi connectivity index (χ2n) is 5.79. The van der Waals surface area contributed by atoms with E-state index in [-0.39, 0.29) is 32.8 Å². The van der Waals surface area contributed by atoms with Crippen LogP contribution in [0.25, 0.3) is 0 Å². The Labute approximate surface area is 131 Å². The number of halogens is 1. The van der Waals surface area contributed by atoms with E-state index in [1.54, 1.807) is 0 Å². The summed E-state index contributed by atoms with van der Waals surface area (Å²) in [6, 6.07) is 0.0269. The van der Waals surface area contributed by atoms with Crippen LogP contribution in [0.3, 0.4) is 0 Å². The molecule has 1 fully saturated rings. The van der Waals surface area contributed by atoms with Gasteiger partial charge < -0.3 is 0 Å². The van der Waals surface area contributed by atoms with Gasteiger partial charge >= 0.3 is 131 Å². The van der Waals surface area contributed by atoms with Gasteiger partial charge in [0, 0.05) is 0 Å². The molecule has 0 unspecified atom stereocenters. The number of rotatable bonds is 4. The number of alkyl halides is 1. The van der Waals surface area contributed by atoms with Crippen LogP contribution < -0.4 is 5.32 Å². The fraction of sp³-hybridized carbons (Fsp3) is 0.667. The van der Waals surface area contributed by atoms with E-state index in [0.29, 0.717) is 5.88 Å². The fourth-order valence-corrected chi connectivity index (χ4v) is 7.20. The molecule has 3 aliphatic rings. The quantitative estimate of drug-likeness (QED) is 0.348. The molecule has 3 rings (SSSR count). The minimum atomic E-state index is -0.565. The molecule has 0 spiro atoms. The van der Waals surface area contributed by atoms with Gasteiger partial charge in [0.1, 0.15) is 0 Å². The van der Waals surface area contributed by atoms with Gasteiger partial charge in [-0.25, -0.2) is 0 Å². The zero-order valence-electron chi connectivity index (χ0n) is 11.6. The first-order valence-electron chi connectivity index (χ1n) is 7.21. The van der Waals surface area contributed by atoms with E-state index in [1.807, 2.05) is 0 Å². The first-order chi connectivity index (χ1) is 9.61. The van der Waals surface area contributed by atoms with Crippen molar-refractivity contribution in [2.45, 2.75) is 49.1 Å². The number of carbonyl (C=O) groups excluding carboxylic acids is 1. The number of hydrogen-bond acceptors (Lipinski definition) is 2. The molecule has 1 amide bonds. The first-order valence-corrected chi connectivity index (χ1v) is 9.46. The van der Waals surface area contributed by atoms with Crippen molar-refractivity contribution in [2.24, 2.45) is 5.92 Å². The predicted octanol–water partition coefficient (Wildman–Crippen LogP) is 1.98. The zero-order valence-corrected chi connectivity index (χ0v) is 14.0. The van der Waals surface area contributed by atoms with E-state index in [2.05, 4.69) is 24.4 Å². The van der Waals surface area contributed by atoms with E-state index in [4.69, 9.17) is 11.6 Å². The molecular formula is C15H20ClNO2Se. The van der Waals surface area contributed by atoms with Gasteiger partial charge in [-0.3, -0.25) is 0 Å². The Hall–Kier alpha value is -0.281.